The number of carbonyl (C=O) groups excluding carboxylic acids is 1. The minimum absolute atomic E-state index is 0.194. The third kappa shape index (κ3) is 6.54. The van der Waals surface area contributed by atoms with E-state index in [0.717, 1.165) is 43.6 Å². The number of rotatable bonds is 7. The minimum Gasteiger partial charge on any atom is -0.463 e. The SMILES string of the molecule is CCOC(=O)/C=C/c1cnc(NC2CCN(Cc3cccc(F)c3)CC2)c(Cl)c1. The Morgan fingerprint density at radius 3 is 2.86 bits per heavy atom. The Balaban J connectivity index is 1.50. The van der Waals surface area contributed by atoms with Crippen LogP contribution >= 0.6 is 11.6 Å². The van der Waals surface area contributed by atoms with Gasteiger partial charge in [0.15, 0.2) is 0 Å². The number of ether oxygens (including phenoxy) is 1. The van der Waals surface area contributed by atoms with Crippen LogP contribution in [0.2, 0.25) is 5.02 Å². The van der Waals surface area contributed by atoms with Gasteiger partial charge in [-0.3, -0.25) is 4.90 Å². The molecule has 1 saturated heterocycles. The average molecular weight is 418 g/mol. The van der Waals surface area contributed by atoms with Gasteiger partial charge in [0.25, 0.3) is 0 Å². The van der Waals surface area contributed by atoms with Gasteiger partial charge < -0.3 is 10.1 Å². The van der Waals surface area contributed by atoms with Gasteiger partial charge in [-0.25, -0.2) is 14.2 Å². The summed E-state index contributed by atoms with van der Waals surface area (Å²) in [4.78, 5) is 18.1. The maximum atomic E-state index is 13.3. The highest BCUT2D eigenvalue weighted by molar-refractivity contribution is 6.33. The maximum absolute atomic E-state index is 13.3. The fourth-order valence-corrected chi connectivity index (χ4v) is 3.56. The number of pyridine rings is 1. The Morgan fingerprint density at radius 1 is 1.38 bits per heavy atom. The Morgan fingerprint density at radius 2 is 2.17 bits per heavy atom. The van der Waals surface area contributed by atoms with E-state index < -0.39 is 5.97 Å². The predicted molar refractivity (Wildman–Crippen MR) is 113 cm³/mol. The predicted octanol–water partition coefficient (Wildman–Crippen LogP) is 4.53. The lowest BCUT2D eigenvalue weighted by Gasteiger charge is -2.32. The average Bonchev–Trinajstić information content (AvgIpc) is 2.70. The van der Waals surface area contributed by atoms with Crippen LogP contribution in [-0.4, -0.2) is 41.6 Å². The zero-order chi connectivity index (χ0) is 20.6. The van der Waals surface area contributed by atoms with E-state index in [1.807, 2.05) is 6.07 Å². The van der Waals surface area contributed by atoms with Crippen molar-refractivity contribution >= 4 is 29.5 Å². The number of nitrogens with zero attached hydrogens (tertiary/aromatic N) is 2. The van der Waals surface area contributed by atoms with E-state index in [1.165, 1.54) is 12.1 Å². The number of benzene rings is 1. The number of anilines is 1. The number of esters is 1. The second kappa shape index (κ2) is 10.4. The number of piperidine rings is 1. The molecule has 1 aromatic carbocycles. The van der Waals surface area contributed by atoms with E-state index in [9.17, 15) is 9.18 Å². The molecule has 7 heteroatoms. The van der Waals surface area contributed by atoms with Gasteiger partial charge in [-0.2, -0.15) is 0 Å². The monoisotopic (exact) mass is 417 g/mol. The second-order valence-electron chi connectivity index (χ2n) is 7.01. The molecule has 0 radical (unpaired) electrons. The molecule has 0 spiro atoms. The Labute approximate surface area is 175 Å². The van der Waals surface area contributed by atoms with E-state index in [1.54, 1.807) is 37.4 Å². The molecule has 2 aromatic rings. The second-order valence-corrected chi connectivity index (χ2v) is 7.42. The number of hydrogen-bond acceptors (Lipinski definition) is 5. The summed E-state index contributed by atoms with van der Waals surface area (Å²) in [5, 5.41) is 3.92. The van der Waals surface area contributed by atoms with Gasteiger partial charge in [0.05, 0.1) is 11.6 Å². The molecule has 3 rings (SSSR count). The number of halogens is 2. The molecular formula is C22H25ClFN3O2. The molecule has 0 aliphatic carbocycles. The molecule has 0 unspecified atom stereocenters. The van der Waals surface area contributed by atoms with Crippen LogP contribution < -0.4 is 5.32 Å². The lowest BCUT2D eigenvalue weighted by molar-refractivity contribution is -0.137. The Hall–Kier alpha value is -2.44. The first-order valence-electron chi connectivity index (χ1n) is 9.77. The van der Waals surface area contributed by atoms with Crippen LogP contribution in [-0.2, 0) is 16.1 Å². The molecule has 2 heterocycles. The zero-order valence-corrected chi connectivity index (χ0v) is 17.2. The number of carbonyl (C=O) groups is 1. The topological polar surface area (TPSA) is 54.5 Å². The van der Waals surface area contributed by atoms with E-state index in [0.29, 0.717) is 17.4 Å². The number of aromatic nitrogens is 1. The lowest BCUT2D eigenvalue weighted by Crippen LogP contribution is -2.38. The van der Waals surface area contributed by atoms with Crippen LogP contribution in [0.4, 0.5) is 10.2 Å². The van der Waals surface area contributed by atoms with Crippen molar-refractivity contribution in [1.82, 2.24) is 9.88 Å². The first-order valence-corrected chi connectivity index (χ1v) is 10.1. The molecule has 0 saturated carbocycles. The van der Waals surface area contributed by atoms with Gasteiger partial charge in [0, 0.05) is 37.9 Å². The molecule has 1 N–H and O–H groups in total. The van der Waals surface area contributed by atoms with Crippen molar-refractivity contribution in [2.45, 2.75) is 32.4 Å². The fraction of sp³-hybridized carbons (Fsp3) is 0.364. The molecule has 5 nitrogen and oxygen atoms in total. The van der Waals surface area contributed by atoms with Gasteiger partial charge in [-0.1, -0.05) is 23.7 Å². The highest BCUT2D eigenvalue weighted by Crippen LogP contribution is 2.24. The molecule has 0 bridgehead atoms. The fourth-order valence-electron chi connectivity index (χ4n) is 3.33. The number of hydrogen-bond donors (Lipinski definition) is 1. The standard InChI is InChI=1S/C22H25ClFN3O2/c1-2-29-21(28)7-6-16-13-20(23)22(25-14-16)26-19-8-10-27(11-9-19)15-17-4-3-5-18(24)12-17/h3-7,12-14,19H,2,8-11,15H2,1H3,(H,25,26)/b7-6+. The number of nitrogens with one attached hydrogen (secondary N) is 1. The largest absolute Gasteiger partial charge is 0.463 e. The van der Waals surface area contributed by atoms with Crippen molar-refractivity contribution < 1.29 is 13.9 Å². The van der Waals surface area contributed by atoms with Crippen molar-refractivity contribution in [2.75, 3.05) is 25.0 Å². The van der Waals surface area contributed by atoms with Crippen LogP contribution in [0.15, 0.2) is 42.6 Å². The summed E-state index contributed by atoms with van der Waals surface area (Å²) in [5.74, 6) is 0.0553. The first kappa shape index (κ1) is 21.3. The van der Waals surface area contributed by atoms with Gasteiger partial charge in [0.2, 0.25) is 0 Å². The summed E-state index contributed by atoms with van der Waals surface area (Å²) < 4.78 is 18.2. The quantitative estimate of drug-likeness (QED) is 0.530. The van der Waals surface area contributed by atoms with Gasteiger partial charge in [0.1, 0.15) is 11.6 Å². The summed E-state index contributed by atoms with van der Waals surface area (Å²) in [6.45, 7) is 4.70. The van der Waals surface area contributed by atoms with Crippen molar-refractivity contribution in [2.24, 2.45) is 0 Å². The summed E-state index contributed by atoms with van der Waals surface area (Å²) in [5.41, 5.74) is 1.73. The maximum Gasteiger partial charge on any atom is 0.330 e. The van der Waals surface area contributed by atoms with Crippen molar-refractivity contribution in [3.8, 4) is 0 Å². The Kier molecular flexibility index (Phi) is 7.61. The summed E-state index contributed by atoms with van der Waals surface area (Å²) in [7, 11) is 0. The Bertz CT molecular complexity index is 867. The van der Waals surface area contributed by atoms with E-state index in [4.69, 9.17) is 16.3 Å². The van der Waals surface area contributed by atoms with Crippen LogP contribution in [0.1, 0.15) is 30.9 Å². The number of likely N-dealkylation sites (tertiary alicyclic amines) is 1. The van der Waals surface area contributed by atoms with Gasteiger partial charge in [-0.05, 0) is 55.2 Å². The van der Waals surface area contributed by atoms with Gasteiger partial charge >= 0.3 is 5.97 Å². The highest BCUT2D eigenvalue weighted by atomic mass is 35.5. The molecule has 1 aromatic heterocycles. The smallest absolute Gasteiger partial charge is 0.330 e. The van der Waals surface area contributed by atoms with Crippen LogP contribution in [0, 0.1) is 5.82 Å². The molecule has 1 fully saturated rings. The minimum atomic E-state index is -0.393. The summed E-state index contributed by atoms with van der Waals surface area (Å²) in [6, 6.07) is 8.81. The van der Waals surface area contributed by atoms with E-state index >= 15 is 0 Å². The molecular weight excluding hydrogens is 393 g/mol. The van der Waals surface area contributed by atoms with Crippen molar-refractivity contribution in [1.29, 1.82) is 0 Å². The zero-order valence-electron chi connectivity index (χ0n) is 16.4. The van der Waals surface area contributed by atoms with Crippen LogP contribution in [0.3, 0.4) is 0 Å². The molecule has 0 amide bonds. The molecule has 29 heavy (non-hydrogen) atoms. The van der Waals surface area contributed by atoms with Gasteiger partial charge in [-0.15, -0.1) is 0 Å². The first-order chi connectivity index (χ1) is 14.0. The normalized spacial score (nSPS) is 15.6. The van der Waals surface area contributed by atoms with Crippen molar-refractivity contribution in [3.05, 3.63) is 64.6 Å². The highest BCUT2D eigenvalue weighted by Gasteiger charge is 2.20. The van der Waals surface area contributed by atoms with Crippen LogP contribution in [0.5, 0.6) is 0 Å². The summed E-state index contributed by atoms with van der Waals surface area (Å²) >= 11 is 6.35. The van der Waals surface area contributed by atoms with E-state index in [-0.39, 0.29) is 11.9 Å². The molecule has 0 atom stereocenters. The molecule has 154 valence electrons. The molecule has 1 aliphatic heterocycles. The molecule has 1 aliphatic rings. The lowest BCUT2D eigenvalue weighted by atomic mass is 10.0. The van der Waals surface area contributed by atoms with E-state index in [2.05, 4.69) is 15.2 Å². The van der Waals surface area contributed by atoms with Crippen LogP contribution in [0.25, 0.3) is 6.08 Å². The van der Waals surface area contributed by atoms with Crippen molar-refractivity contribution in [3.63, 3.8) is 0 Å². The third-order valence-electron chi connectivity index (χ3n) is 4.78. The summed E-state index contributed by atoms with van der Waals surface area (Å²) in [6.07, 6.45) is 6.57. The third-order valence-corrected chi connectivity index (χ3v) is 5.07.